The van der Waals surface area contributed by atoms with E-state index in [-0.39, 0.29) is 24.8 Å². The van der Waals surface area contributed by atoms with Crippen molar-refractivity contribution in [2.24, 2.45) is 16.8 Å². The van der Waals surface area contributed by atoms with Gasteiger partial charge in [-0.15, -0.1) is 0 Å². The molecule has 3 N–H and O–H groups in total. The van der Waals surface area contributed by atoms with E-state index < -0.39 is 10.2 Å². The molecule has 0 atom stereocenters. The van der Waals surface area contributed by atoms with Gasteiger partial charge in [0.15, 0.2) is 0 Å². The highest BCUT2D eigenvalue weighted by molar-refractivity contribution is 7.86. The molecule has 0 aromatic rings. The number of hydrogen-bond donors (Lipinski definition) is 2. The molecule has 0 amide bonds. The highest BCUT2D eigenvalue weighted by atomic mass is 32.2. The van der Waals surface area contributed by atoms with E-state index in [4.69, 9.17) is 10.9 Å². The van der Waals surface area contributed by atoms with Gasteiger partial charge in [-0.05, 0) is 32.6 Å². The van der Waals surface area contributed by atoms with E-state index in [9.17, 15) is 8.42 Å². The smallest absolute Gasteiger partial charge is 0.282 e. The topological polar surface area (TPSA) is 99.2 Å². The molecule has 1 rings (SSSR count). The molecule has 7 nitrogen and oxygen atoms in total. The van der Waals surface area contributed by atoms with E-state index in [1.54, 1.807) is 4.31 Å². The Bertz CT molecular complexity index is 428. The van der Waals surface area contributed by atoms with Gasteiger partial charge >= 0.3 is 0 Å². The number of oxime groups is 1. The Morgan fingerprint density at radius 3 is 2.45 bits per heavy atom. The third-order valence-corrected chi connectivity index (χ3v) is 5.87. The van der Waals surface area contributed by atoms with E-state index in [0.29, 0.717) is 19.0 Å². The van der Waals surface area contributed by atoms with Crippen molar-refractivity contribution in [2.45, 2.75) is 46.1 Å². The summed E-state index contributed by atoms with van der Waals surface area (Å²) in [5, 5.41) is 11.4. The summed E-state index contributed by atoms with van der Waals surface area (Å²) >= 11 is 0. The Morgan fingerprint density at radius 1 is 1.45 bits per heavy atom. The monoisotopic (exact) mass is 306 g/mol. The molecule has 118 valence electrons. The van der Waals surface area contributed by atoms with Gasteiger partial charge in [-0.2, -0.15) is 17.0 Å². The van der Waals surface area contributed by atoms with Crippen molar-refractivity contribution in [1.82, 2.24) is 8.61 Å². The van der Waals surface area contributed by atoms with Crippen LogP contribution in [0, 0.1) is 5.92 Å². The van der Waals surface area contributed by atoms with Crippen molar-refractivity contribution in [3.05, 3.63) is 0 Å². The average Bonchev–Trinajstić information content (AvgIpc) is 2.38. The van der Waals surface area contributed by atoms with Crippen LogP contribution in [0.25, 0.3) is 0 Å². The summed E-state index contributed by atoms with van der Waals surface area (Å²) < 4.78 is 28.2. The van der Waals surface area contributed by atoms with Crippen LogP contribution in [0.3, 0.4) is 0 Å². The molecule has 1 saturated heterocycles. The Hall–Kier alpha value is -0.860. The number of nitrogens with zero attached hydrogens (tertiary/aromatic N) is 3. The minimum atomic E-state index is -3.48. The number of nitrogens with two attached hydrogens (primary N) is 1. The van der Waals surface area contributed by atoms with Crippen LogP contribution >= 0.6 is 0 Å². The molecule has 0 aromatic heterocycles. The first-order valence-corrected chi connectivity index (χ1v) is 8.42. The molecule has 0 saturated carbocycles. The van der Waals surface area contributed by atoms with Crippen molar-refractivity contribution in [3.8, 4) is 0 Å². The fourth-order valence-corrected chi connectivity index (χ4v) is 4.10. The maximum atomic E-state index is 12.6. The molecule has 8 heteroatoms. The predicted molar refractivity (Wildman–Crippen MR) is 78.8 cm³/mol. The van der Waals surface area contributed by atoms with Crippen LogP contribution in [-0.4, -0.2) is 53.7 Å². The summed E-state index contributed by atoms with van der Waals surface area (Å²) in [6, 6.07) is -0.161. The van der Waals surface area contributed by atoms with E-state index in [1.807, 2.05) is 13.8 Å². The summed E-state index contributed by atoms with van der Waals surface area (Å²) in [4.78, 5) is 0. The fraction of sp³-hybridized carbons (Fsp3) is 0.917. The Balaban J connectivity index is 2.78. The van der Waals surface area contributed by atoms with Gasteiger partial charge in [-0.1, -0.05) is 12.1 Å². The molecular formula is C12H26N4O3S. The Labute approximate surface area is 121 Å². The second kappa shape index (κ2) is 7.24. The molecule has 0 aliphatic carbocycles. The standard InChI is InChI=1S/C12H26N4O3S/c1-10(2)16(9-6-12(13)14-17)20(18,19)15-7-4-11(3)5-8-15/h10-11,17H,4-9H2,1-3H3,(H2,13,14). The van der Waals surface area contributed by atoms with Gasteiger partial charge in [-0.3, -0.25) is 0 Å². The number of amidine groups is 1. The maximum absolute atomic E-state index is 12.6. The molecule has 0 aromatic carbocycles. The first-order chi connectivity index (χ1) is 9.28. The molecule has 1 aliphatic rings. The average molecular weight is 306 g/mol. The van der Waals surface area contributed by atoms with Crippen molar-refractivity contribution in [3.63, 3.8) is 0 Å². The largest absolute Gasteiger partial charge is 0.409 e. The van der Waals surface area contributed by atoms with Crippen molar-refractivity contribution >= 4 is 16.0 Å². The van der Waals surface area contributed by atoms with Gasteiger partial charge in [-0.25, -0.2) is 0 Å². The number of hydrogen-bond acceptors (Lipinski definition) is 4. The third kappa shape index (κ3) is 4.32. The summed E-state index contributed by atoms with van der Waals surface area (Å²) in [5.41, 5.74) is 5.43. The van der Waals surface area contributed by atoms with Crippen LogP contribution in [0.2, 0.25) is 0 Å². The second-order valence-electron chi connectivity index (χ2n) is 5.64. The van der Waals surface area contributed by atoms with E-state index in [0.717, 1.165) is 12.8 Å². The van der Waals surface area contributed by atoms with Gasteiger partial charge in [0.25, 0.3) is 10.2 Å². The van der Waals surface area contributed by atoms with Gasteiger partial charge < -0.3 is 10.9 Å². The zero-order valence-electron chi connectivity index (χ0n) is 12.5. The molecule has 1 fully saturated rings. The summed E-state index contributed by atoms with van der Waals surface area (Å²) in [6.45, 7) is 7.16. The quantitative estimate of drug-likeness (QED) is 0.328. The summed E-state index contributed by atoms with van der Waals surface area (Å²) in [6.07, 6.45) is 2.01. The molecule has 1 aliphatic heterocycles. The fourth-order valence-electron chi connectivity index (χ4n) is 2.28. The van der Waals surface area contributed by atoms with Gasteiger partial charge in [0.2, 0.25) is 0 Å². The van der Waals surface area contributed by atoms with Crippen LogP contribution in [0.1, 0.15) is 40.0 Å². The van der Waals surface area contributed by atoms with Crippen LogP contribution < -0.4 is 5.73 Å². The van der Waals surface area contributed by atoms with Crippen LogP contribution in [-0.2, 0) is 10.2 Å². The predicted octanol–water partition coefficient (Wildman–Crippen LogP) is 0.810. The SMILES string of the molecule is CC1CCN(S(=O)(=O)N(CCC(N)=NO)C(C)C)CC1. The highest BCUT2D eigenvalue weighted by Crippen LogP contribution is 2.22. The Kier molecular flexibility index (Phi) is 6.22. The lowest BCUT2D eigenvalue weighted by Gasteiger charge is -2.35. The molecule has 0 spiro atoms. The summed E-state index contributed by atoms with van der Waals surface area (Å²) in [5.74, 6) is 0.615. The van der Waals surface area contributed by atoms with Gasteiger partial charge in [0, 0.05) is 32.1 Å². The minimum absolute atomic E-state index is 0.0399. The van der Waals surface area contributed by atoms with Crippen LogP contribution in [0.5, 0.6) is 0 Å². The second-order valence-corrected chi connectivity index (χ2v) is 7.52. The normalized spacial score (nSPS) is 19.9. The van der Waals surface area contributed by atoms with E-state index >= 15 is 0 Å². The first kappa shape index (κ1) is 17.2. The van der Waals surface area contributed by atoms with Crippen molar-refractivity contribution in [1.29, 1.82) is 0 Å². The van der Waals surface area contributed by atoms with Gasteiger partial charge in [0.1, 0.15) is 5.84 Å². The van der Waals surface area contributed by atoms with Crippen molar-refractivity contribution < 1.29 is 13.6 Å². The molecule has 0 radical (unpaired) electrons. The number of piperidine rings is 1. The lowest BCUT2D eigenvalue weighted by Crippen LogP contribution is -2.50. The Morgan fingerprint density at radius 2 is 2.00 bits per heavy atom. The molecule has 1 heterocycles. The van der Waals surface area contributed by atoms with Gasteiger partial charge in [0.05, 0.1) is 0 Å². The number of rotatable bonds is 6. The van der Waals surface area contributed by atoms with E-state index in [2.05, 4.69) is 12.1 Å². The van der Waals surface area contributed by atoms with Crippen LogP contribution in [0.15, 0.2) is 5.16 Å². The lowest BCUT2D eigenvalue weighted by molar-refractivity contribution is 0.253. The first-order valence-electron chi connectivity index (χ1n) is 7.02. The van der Waals surface area contributed by atoms with E-state index in [1.165, 1.54) is 4.31 Å². The van der Waals surface area contributed by atoms with Crippen molar-refractivity contribution in [2.75, 3.05) is 19.6 Å². The summed E-state index contributed by atoms with van der Waals surface area (Å²) in [7, 11) is -3.48. The zero-order valence-corrected chi connectivity index (χ0v) is 13.3. The lowest BCUT2D eigenvalue weighted by atomic mass is 10.0. The molecule has 20 heavy (non-hydrogen) atoms. The minimum Gasteiger partial charge on any atom is -0.409 e. The highest BCUT2D eigenvalue weighted by Gasteiger charge is 2.33. The zero-order chi connectivity index (χ0) is 15.3. The van der Waals surface area contributed by atoms with Crippen LogP contribution in [0.4, 0.5) is 0 Å². The third-order valence-electron chi connectivity index (χ3n) is 3.66. The molecule has 0 bridgehead atoms. The maximum Gasteiger partial charge on any atom is 0.282 e. The molecule has 0 unspecified atom stereocenters. The molecular weight excluding hydrogens is 280 g/mol.